The lowest BCUT2D eigenvalue weighted by atomic mass is 9.72. The summed E-state index contributed by atoms with van der Waals surface area (Å²) in [5.41, 5.74) is 7.55. The van der Waals surface area contributed by atoms with Crippen LogP contribution in [-0.4, -0.2) is 26.4 Å². The predicted molar refractivity (Wildman–Crippen MR) is 257 cm³/mol. The Hall–Kier alpha value is -2.44. The van der Waals surface area contributed by atoms with Crippen LogP contribution in [0.5, 0.6) is 11.5 Å². The van der Waals surface area contributed by atoms with Gasteiger partial charge in [0, 0.05) is 9.89 Å². The van der Waals surface area contributed by atoms with Crippen molar-refractivity contribution in [3.8, 4) is 11.5 Å². The lowest BCUT2D eigenvalue weighted by molar-refractivity contribution is 0.121. The summed E-state index contributed by atoms with van der Waals surface area (Å²) in [7, 11) is 0. The Balaban J connectivity index is 0.00000119. The number of benzene rings is 2. The van der Waals surface area contributed by atoms with Crippen molar-refractivity contribution < 1.29 is 18.9 Å². The summed E-state index contributed by atoms with van der Waals surface area (Å²) in [4.78, 5) is 1.81. The van der Waals surface area contributed by atoms with Crippen LogP contribution in [-0.2, 0) is 27.7 Å². The van der Waals surface area contributed by atoms with Gasteiger partial charge in [-0.25, -0.2) is 0 Å². The third-order valence-corrected chi connectivity index (χ3v) is 12.0. The van der Waals surface area contributed by atoms with Gasteiger partial charge >= 0.3 is 0 Å². The van der Waals surface area contributed by atoms with Crippen molar-refractivity contribution in [3.05, 3.63) is 103 Å². The molecule has 0 amide bonds. The monoisotopic (exact) mass is 916 g/mol. The molecule has 0 saturated heterocycles. The SMILES string of the molecule is C/C=C/Br.C=C1Cc2cc(OCC(C)CC)c(OCC(C)CC)cc2C1(C)c1cc(Br)ccc1C/C(C)=C\C.CC.CCC(C)CO/C(C)=C(/C)OCC(C)CC. The van der Waals surface area contributed by atoms with Gasteiger partial charge in [0.05, 0.1) is 26.4 Å². The van der Waals surface area contributed by atoms with E-state index in [0.717, 1.165) is 79.2 Å². The molecule has 0 aliphatic heterocycles. The molecule has 0 aromatic heterocycles. The molecule has 4 nitrogen and oxygen atoms in total. The second-order valence-corrected chi connectivity index (χ2v) is 17.3. The van der Waals surface area contributed by atoms with Crippen LogP contribution >= 0.6 is 31.9 Å². The molecule has 5 atom stereocenters. The summed E-state index contributed by atoms with van der Waals surface area (Å²) in [5.74, 6) is 5.78. The van der Waals surface area contributed by atoms with Crippen LogP contribution in [0, 0.1) is 23.7 Å². The Morgan fingerprint density at radius 1 is 0.737 bits per heavy atom. The van der Waals surface area contributed by atoms with Crippen molar-refractivity contribution in [1.29, 1.82) is 0 Å². The summed E-state index contributed by atoms with van der Waals surface area (Å²) in [6.45, 7) is 41.7. The summed E-state index contributed by atoms with van der Waals surface area (Å²) < 4.78 is 25.2. The van der Waals surface area contributed by atoms with Gasteiger partial charge in [-0.1, -0.05) is 163 Å². The van der Waals surface area contributed by atoms with Gasteiger partial charge in [-0.05, 0) is 130 Å². The van der Waals surface area contributed by atoms with E-state index in [-0.39, 0.29) is 5.41 Å². The van der Waals surface area contributed by atoms with Crippen LogP contribution in [0.1, 0.15) is 159 Å². The molecule has 1 aliphatic carbocycles. The van der Waals surface area contributed by atoms with E-state index in [1.165, 1.54) is 33.4 Å². The average molecular weight is 919 g/mol. The minimum Gasteiger partial charge on any atom is -0.494 e. The van der Waals surface area contributed by atoms with Gasteiger partial charge in [-0.2, -0.15) is 0 Å². The summed E-state index contributed by atoms with van der Waals surface area (Å²) in [6, 6.07) is 11.2. The molecule has 0 radical (unpaired) electrons. The molecule has 57 heavy (non-hydrogen) atoms. The quantitative estimate of drug-likeness (QED) is 0.104. The Bertz CT molecular complexity index is 1510. The molecule has 0 spiro atoms. The molecule has 324 valence electrons. The third kappa shape index (κ3) is 18.6. The average Bonchev–Trinajstić information content (AvgIpc) is 3.48. The Morgan fingerprint density at radius 3 is 1.60 bits per heavy atom. The molecular formula is C51H82Br2O4. The second-order valence-electron chi connectivity index (χ2n) is 15.8. The Labute approximate surface area is 368 Å². The zero-order valence-electron chi connectivity index (χ0n) is 39.1. The maximum Gasteiger partial charge on any atom is 0.161 e. The highest BCUT2D eigenvalue weighted by Gasteiger charge is 2.41. The summed E-state index contributed by atoms with van der Waals surface area (Å²) in [6.07, 6.45) is 10.4. The van der Waals surface area contributed by atoms with Crippen LogP contribution in [0.3, 0.4) is 0 Å². The normalized spacial score (nSPS) is 17.3. The third-order valence-electron chi connectivity index (χ3n) is 11.0. The molecule has 5 unspecified atom stereocenters. The van der Waals surface area contributed by atoms with Crippen molar-refractivity contribution in [2.24, 2.45) is 23.7 Å². The van der Waals surface area contributed by atoms with Crippen LogP contribution < -0.4 is 9.47 Å². The highest BCUT2D eigenvalue weighted by Crippen LogP contribution is 2.51. The first-order chi connectivity index (χ1) is 27.1. The molecule has 1 aliphatic rings. The van der Waals surface area contributed by atoms with E-state index >= 15 is 0 Å². The summed E-state index contributed by atoms with van der Waals surface area (Å²) in [5, 5.41) is 0. The van der Waals surface area contributed by atoms with E-state index in [0.29, 0.717) is 36.9 Å². The maximum absolute atomic E-state index is 6.41. The molecule has 2 aromatic rings. The number of rotatable bonds is 19. The standard InChI is InChI=1S/C32H43BrO2.C14H28O2.C3H5Br.C2H6/c1-9-21(4)14-25-12-13-27(33)17-28(25)32(8)24(7)15-26-16-30(34-19-22(5)10-2)31(18-29(26)32)35-20-23(6)11-3;1-7-11(3)9-15-13(5)14(6)16-10-12(4)8-2;1-2-3-4;1-2/h9,12-13,16-18,22-23H,7,10-11,14-15,19-20H2,1-6,8H3;11-12H,7-10H2,1-6H3;2-3H,1H3;1-2H3/b21-9-;14-13-;3-2+;. The fourth-order valence-corrected chi connectivity index (χ4v) is 5.98. The predicted octanol–water partition coefficient (Wildman–Crippen LogP) is 16.5. The maximum atomic E-state index is 6.41. The van der Waals surface area contributed by atoms with Gasteiger partial charge < -0.3 is 18.9 Å². The number of hydrogen-bond donors (Lipinski definition) is 0. The van der Waals surface area contributed by atoms with Crippen molar-refractivity contribution in [2.45, 2.75) is 155 Å². The molecule has 6 heteroatoms. The largest absolute Gasteiger partial charge is 0.494 e. The van der Waals surface area contributed by atoms with E-state index in [4.69, 9.17) is 18.9 Å². The molecule has 0 saturated carbocycles. The fraction of sp³-hybridized carbons (Fsp3) is 0.608. The molecular weight excluding hydrogens is 836 g/mol. The molecule has 0 N–H and O–H groups in total. The first kappa shape index (κ1) is 54.6. The van der Waals surface area contributed by atoms with E-state index in [2.05, 4.69) is 151 Å². The zero-order chi connectivity index (χ0) is 43.7. The fourth-order valence-electron chi connectivity index (χ4n) is 5.62. The second kappa shape index (κ2) is 29.7. The van der Waals surface area contributed by atoms with Gasteiger partial charge in [0.2, 0.25) is 0 Å². The molecule has 3 rings (SSSR count). The Kier molecular flexibility index (Phi) is 28.4. The van der Waals surface area contributed by atoms with Crippen molar-refractivity contribution >= 4 is 31.9 Å². The first-order valence-corrected chi connectivity index (χ1v) is 23.4. The molecule has 0 fully saturated rings. The first-order valence-electron chi connectivity index (χ1n) is 21.7. The van der Waals surface area contributed by atoms with Gasteiger partial charge in [-0.3, -0.25) is 0 Å². The summed E-state index contributed by atoms with van der Waals surface area (Å²) >= 11 is 6.81. The minimum atomic E-state index is -0.286. The smallest absolute Gasteiger partial charge is 0.161 e. The minimum absolute atomic E-state index is 0.286. The number of ether oxygens (including phenoxy) is 4. The van der Waals surface area contributed by atoms with E-state index in [9.17, 15) is 0 Å². The van der Waals surface area contributed by atoms with Crippen LogP contribution in [0.15, 0.2) is 81.2 Å². The van der Waals surface area contributed by atoms with Crippen LogP contribution in [0.4, 0.5) is 0 Å². The van der Waals surface area contributed by atoms with Crippen LogP contribution in [0.25, 0.3) is 0 Å². The number of halogens is 2. The van der Waals surface area contributed by atoms with Gasteiger partial charge in [0.1, 0.15) is 11.5 Å². The van der Waals surface area contributed by atoms with Crippen molar-refractivity contribution in [2.75, 3.05) is 26.4 Å². The molecule has 0 bridgehead atoms. The zero-order valence-corrected chi connectivity index (χ0v) is 42.3. The van der Waals surface area contributed by atoms with Crippen LogP contribution in [0.2, 0.25) is 0 Å². The lowest BCUT2D eigenvalue weighted by Crippen LogP contribution is -2.24. The highest BCUT2D eigenvalue weighted by atomic mass is 79.9. The molecule has 2 aromatic carbocycles. The number of hydrogen-bond acceptors (Lipinski definition) is 4. The van der Waals surface area contributed by atoms with Gasteiger partial charge in [0.15, 0.2) is 11.5 Å². The highest BCUT2D eigenvalue weighted by molar-refractivity contribution is 9.11. The Morgan fingerprint density at radius 2 is 1.18 bits per heavy atom. The van der Waals surface area contributed by atoms with Gasteiger partial charge in [0.25, 0.3) is 0 Å². The van der Waals surface area contributed by atoms with E-state index in [1.807, 2.05) is 45.7 Å². The van der Waals surface area contributed by atoms with Gasteiger partial charge in [-0.15, -0.1) is 0 Å². The van der Waals surface area contributed by atoms with Crippen molar-refractivity contribution in [1.82, 2.24) is 0 Å². The van der Waals surface area contributed by atoms with Crippen molar-refractivity contribution in [3.63, 3.8) is 0 Å². The number of allylic oxidation sites excluding steroid dienone is 6. The molecule has 0 heterocycles. The van der Waals surface area contributed by atoms with E-state index < -0.39 is 0 Å². The number of fused-ring (bicyclic) bond motifs is 1. The topological polar surface area (TPSA) is 36.9 Å². The van der Waals surface area contributed by atoms with E-state index in [1.54, 1.807) is 0 Å². The lowest BCUT2D eigenvalue weighted by Gasteiger charge is -2.31.